The zero-order valence-electron chi connectivity index (χ0n) is 10.2. The van der Waals surface area contributed by atoms with Gasteiger partial charge in [0.25, 0.3) is 0 Å². The average Bonchev–Trinajstić information content (AvgIpc) is 2.36. The predicted octanol–water partition coefficient (Wildman–Crippen LogP) is 2.26. The van der Waals surface area contributed by atoms with Crippen molar-refractivity contribution in [3.63, 3.8) is 0 Å². The summed E-state index contributed by atoms with van der Waals surface area (Å²) in [5, 5.41) is 2.64. The fourth-order valence-corrected chi connectivity index (χ4v) is 2.08. The molecule has 1 rings (SSSR count). The number of benzene rings is 1. The zero-order chi connectivity index (χ0) is 14.3. The SMILES string of the molecule is NCCCNC(=O)CSc1cccc(C(F)(F)F)c1. The van der Waals surface area contributed by atoms with Gasteiger partial charge in [-0.1, -0.05) is 6.07 Å². The maximum atomic E-state index is 12.5. The van der Waals surface area contributed by atoms with Crippen molar-refractivity contribution in [1.82, 2.24) is 5.32 Å². The lowest BCUT2D eigenvalue weighted by atomic mass is 10.2. The number of thioether (sulfide) groups is 1. The van der Waals surface area contributed by atoms with E-state index in [2.05, 4.69) is 5.32 Å². The molecule has 3 N–H and O–H groups in total. The number of hydrogen-bond acceptors (Lipinski definition) is 3. The van der Waals surface area contributed by atoms with E-state index >= 15 is 0 Å². The standard InChI is InChI=1S/C12H15F3N2OS/c13-12(14,15)9-3-1-4-10(7-9)19-8-11(18)17-6-2-5-16/h1,3-4,7H,2,5-6,8,16H2,(H,17,18). The van der Waals surface area contributed by atoms with E-state index in [1.54, 1.807) is 6.07 Å². The van der Waals surface area contributed by atoms with Crippen molar-refractivity contribution in [3.05, 3.63) is 29.8 Å². The molecule has 106 valence electrons. The van der Waals surface area contributed by atoms with Gasteiger partial charge in [-0.2, -0.15) is 13.2 Å². The highest BCUT2D eigenvalue weighted by Gasteiger charge is 2.30. The van der Waals surface area contributed by atoms with E-state index in [-0.39, 0.29) is 11.7 Å². The summed E-state index contributed by atoms with van der Waals surface area (Å²) in [6.45, 7) is 0.972. The van der Waals surface area contributed by atoms with Gasteiger partial charge in [0.1, 0.15) is 0 Å². The molecule has 0 unspecified atom stereocenters. The van der Waals surface area contributed by atoms with Crippen LogP contribution in [0.3, 0.4) is 0 Å². The molecule has 3 nitrogen and oxygen atoms in total. The van der Waals surface area contributed by atoms with Crippen molar-refractivity contribution in [2.75, 3.05) is 18.8 Å². The van der Waals surface area contributed by atoms with Gasteiger partial charge in [0.15, 0.2) is 0 Å². The molecule has 0 fully saturated rings. The lowest BCUT2D eigenvalue weighted by molar-refractivity contribution is -0.137. The van der Waals surface area contributed by atoms with Gasteiger partial charge in [-0.3, -0.25) is 4.79 Å². The normalized spacial score (nSPS) is 11.4. The molecule has 0 radical (unpaired) electrons. The second-order valence-electron chi connectivity index (χ2n) is 3.81. The van der Waals surface area contributed by atoms with Gasteiger partial charge in [0.2, 0.25) is 5.91 Å². The van der Waals surface area contributed by atoms with Crippen molar-refractivity contribution >= 4 is 17.7 Å². The van der Waals surface area contributed by atoms with E-state index in [0.717, 1.165) is 23.9 Å². The quantitative estimate of drug-likeness (QED) is 0.624. The highest BCUT2D eigenvalue weighted by atomic mass is 32.2. The largest absolute Gasteiger partial charge is 0.416 e. The Labute approximate surface area is 113 Å². The van der Waals surface area contributed by atoms with Crippen molar-refractivity contribution in [2.45, 2.75) is 17.5 Å². The molecule has 0 saturated carbocycles. The van der Waals surface area contributed by atoms with Crippen molar-refractivity contribution in [2.24, 2.45) is 5.73 Å². The molecule has 0 aromatic heterocycles. The van der Waals surface area contributed by atoms with Gasteiger partial charge < -0.3 is 11.1 Å². The second-order valence-corrected chi connectivity index (χ2v) is 4.86. The maximum absolute atomic E-state index is 12.5. The lowest BCUT2D eigenvalue weighted by Crippen LogP contribution is -2.27. The molecule has 1 aromatic rings. The van der Waals surface area contributed by atoms with E-state index in [9.17, 15) is 18.0 Å². The minimum atomic E-state index is -4.36. The first-order chi connectivity index (χ1) is 8.93. The van der Waals surface area contributed by atoms with Crippen LogP contribution in [-0.2, 0) is 11.0 Å². The summed E-state index contributed by atoms with van der Waals surface area (Å²) in [6.07, 6.45) is -3.68. The van der Waals surface area contributed by atoms with Crippen LogP contribution in [0.4, 0.5) is 13.2 Å². The number of alkyl halides is 3. The predicted molar refractivity (Wildman–Crippen MR) is 68.8 cm³/mol. The summed E-state index contributed by atoms with van der Waals surface area (Å²) >= 11 is 1.07. The molecule has 19 heavy (non-hydrogen) atoms. The number of carbonyl (C=O) groups is 1. The molecular formula is C12H15F3N2OS. The van der Waals surface area contributed by atoms with Crippen molar-refractivity contribution < 1.29 is 18.0 Å². The molecule has 1 aromatic carbocycles. The van der Waals surface area contributed by atoms with Gasteiger partial charge in [0.05, 0.1) is 11.3 Å². The van der Waals surface area contributed by atoms with Crippen LogP contribution in [0.1, 0.15) is 12.0 Å². The number of nitrogens with one attached hydrogen (secondary N) is 1. The number of rotatable bonds is 6. The molecule has 0 aliphatic carbocycles. The number of nitrogens with two attached hydrogens (primary N) is 1. The van der Waals surface area contributed by atoms with Crippen LogP contribution in [0.25, 0.3) is 0 Å². The summed E-state index contributed by atoms with van der Waals surface area (Å²) in [5.41, 5.74) is 4.57. The summed E-state index contributed by atoms with van der Waals surface area (Å²) in [4.78, 5) is 11.8. The number of amides is 1. The van der Waals surface area contributed by atoms with Crippen molar-refractivity contribution in [1.29, 1.82) is 0 Å². The first kappa shape index (κ1) is 15.8. The van der Waals surface area contributed by atoms with Crippen LogP contribution < -0.4 is 11.1 Å². The van der Waals surface area contributed by atoms with Gasteiger partial charge in [0, 0.05) is 11.4 Å². The third kappa shape index (κ3) is 5.98. The van der Waals surface area contributed by atoms with Crippen LogP contribution in [0, 0.1) is 0 Å². The van der Waals surface area contributed by atoms with E-state index in [0.29, 0.717) is 24.4 Å². The molecule has 1 amide bonds. The van der Waals surface area contributed by atoms with Gasteiger partial charge in [-0.05, 0) is 31.2 Å². The molecule has 7 heteroatoms. The van der Waals surface area contributed by atoms with Crippen molar-refractivity contribution in [3.8, 4) is 0 Å². The van der Waals surface area contributed by atoms with Crippen LogP contribution in [-0.4, -0.2) is 24.7 Å². The second kappa shape index (κ2) is 7.40. The Morgan fingerprint density at radius 2 is 2.11 bits per heavy atom. The van der Waals surface area contributed by atoms with Crippen LogP contribution in [0.5, 0.6) is 0 Å². The van der Waals surface area contributed by atoms with E-state index in [4.69, 9.17) is 5.73 Å². The molecule has 0 aliphatic heterocycles. The summed E-state index contributed by atoms with van der Waals surface area (Å²) in [5.74, 6) is -0.123. The first-order valence-electron chi connectivity index (χ1n) is 5.70. The maximum Gasteiger partial charge on any atom is 0.416 e. The number of halogens is 3. The van der Waals surface area contributed by atoms with E-state index in [1.807, 2.05) is 0 Å². The minimum absolute atomic E-state index is 0.0892. The summed E-state index contributed by atoms with van der Waals surface area (Å²) in [7, 11) is 0. The average molecular weight is 292 g/mol. The smallest absolute Gasteiger partial charge is 0.355 e. The first-order valence-corrected chi connectivity index (χ1v) is 6.69. The Balaban J connectivity index is 2.47. The van der Waals surface area contributed by atoms with Crippen LogP contribution in [0.2, 0.25) is 0 Å². The third-order valence-electron chi connectivity index (χ3n) is 2.23. The molecule has 0 spiro atoms. The third-order valence-corrected chi connectivity index (χ3v) is 3.23. The Kier molecular flexibility index (Phi) is 6.17. The molecular weight excluding hydrogens is 277 g/mol. The van der Waals surface area contributed by atoms with E-state index in [1.165, 1.54) is 6.07 Å². The Bertz CT molecular complexity index is 424. The fourth-order valence-electron chi connectivity index (χ4n) is 1.29. The monoisotopic (exact) mass is 292 g/mol. The van der Waals surface area contributed by atoms with Crippen LogP contribution in [0.15, 0.2) is 29.2 Å². The zero-order valence-corrected chi connectivity index (χ0v) is 11.0. The summed E-state index contributed by atoms with van der Waals surface area (Å²) in [6, 6.07) is 4.92. The number of carbonyl (C=O) groups excluding carboxylic acids is 1. The highest BCUT2D eigenvalue weighted by Crippen LogP contribution is 2.31. The number of hydrogen-bond donors (Lipinski definition) is 2. The van der Waals surface area contributed by atoms with Crippen LogP contribution >= 0.6 is 11.8 Å². The minimum Gasteiger partial charge on any atom is -0.355 e. The molecule has 0 saturated heterocycles. The highest BCUT2D eigenvalue weighted by molar-refractivity contribution is 8.00. The molecule has 0 atom stereocenters. The molecule has 0 heterocycles. The topological polar surface area (TPSA) is 55.1 Å². The fraction of sp³-hybridized carbons (Fsp3) is 0.417. The van der Waals surface area contributed by atoms with Gasteiger partial charge in [-0.15, -0.1) is 11.8 Å². The van der Waals surface area contributed by atoms with Gasteiger partial charge in [-0.25, -0.2) is 0 Å². The van der Waals surface area contributed by atoms with Gasteiger partial charge >= 0.3 is 6.18 Å². The Morgan fingerprint density at radius 1 is 1.37 bits per heavy atom. The Hall–Kier alpha value is -1.21. The van der Waals surface area contributed by atoms with E-state index < -0.39 is 11.7 Å². The molecule has 0 bridgehead atoms. The Morgan fingerprint density at radius 3 is 2.74 bits per heavy atom. The molecule has 0 aliphatic rings. The lowest BCUT2D eigenvalue weighted by Gasteiger charge is -2.08. The summed E-state index contributed by atoms with van der Waals surface area (Å²) < 4.78 is 37.4.